The third-order valence-corrected chi connectivity index (χ3v) is 5.33. The number of piperidine rings is 1. The van der Waals surface area contributed by atoms with E-state index in [1.54, 1.807) is 18.2 Å². The summed E-state index contributed by atoms with van der Waals surface area (Å²) in [5, 5.41) is 5.79. The first-order valence-electron chi connectivity index (χ1n) is 10.9. The molecule has 0 atom stereocenters. The van der Waals surface area contributed by atoms with Gasteiger partial charge in [0, 0.05) is 49.9 Å². The number of hydrogen-bond donors (Lipinski definition) is 3. The van der Waals surface area contributed by atoms with Gasteiger partial charge in [-0.3, -0.25) is 4.79 Å². The zero-order valence-electron chi connectivity index (χ0n) is 18.8. The topological polar surface area (TPSA) is 118 Å². The first-order chi connectivity index (χ1) is 16.7. The molecule has 4 rings (SSSR count). The molecule has 3 aromatic rings. The van der Waals surface area contributed by atoms with E-state index < -0.39 is 11.7 Å². The van der Waals surface area contributed by atoms with Crippen molar-refractivity contribution in [3.8, 4) is 5.75 Å². The maximum Gasteiger partial charge on any atom is 0.420 e. The Kier molecular flexibility index (Phi) is 6.90. The minimum atomic E-state index is -4.55. The number of alkyl halides is 3. The predicted octanol–water partition coefficient (Wildman–Crippen LogP) is 4.22. The average molecular weight is 487 g/mol. The molecule has 1 aliphatic rings. The van der Waals surface area contributed by atoms with E-state index in [4.69, 9.17) is 10.5 Å². The van der Waals surface area contributed by atoms with Crippen LogP contribution >= 0.6 is 0 Å². The molecule has 35 heavy (non-hydrogen) atoms. The molecule has 184 valence electrons. The van der Waals surface area contributed by atoms with E-state index in [2.05, 4.69) is 25.6 Å². The lowest BCUT2D eigenvalue weighted by Gasteiger charge is -2.32. The number of benzene rings is 2. The number of nitrogens with one attached hydrogen (secondary N) is 2. The largest absolute Gasteiger partial charge is 0.490 e. The second-order valence-corrected chi connectivity index (χ2v) is 8.05. The molecule has 1 amide bonds. The van der Waals surface area contributed by atoms with Crippen molar-refractivity contribution in [3.63, 3.8) is 0 Å². The second kappa shape index (κ2) is 10.0. The van der Waals surface area contributed by atoms with Crippen molar-refractivity contribution in [2.24, 2.45) is 0 Å². The molecule has 1 aliphatic heterocycles. The lowest BCUT2D eigenvalue weighted by atomic mass is 10.1. The van der Waals surface area contributed by atoms with E-state index in [1.165, 1.54) is 25.4 Å². The van der Waals surface area contributed by atoms with E-state index in [0.717, 1.165) is 6.07 Å². The molecule has 12 heteroatoms. The number of hydrogen-bond acceptors (Lipinski definition) is 8. The SMILES string of the molecule is CC(=O)Nc1cccc(Nc2ncnc(N3CCC(Oc4ccc(N)cc4C(F)(F)F)CC3)n2)c1. The van der Waals surface area contributed by atoms with Gasteiger partial charge in [0.25, 0.3) is 0 Å². The Bertz CT molecular complexity index is 1200. The highest BCUT2D eigenvalue weighted by atomic mass is 19.4. The number of nitrogens with two attached hydrogens (primary N) is 1. The fraction of sp³-hybridized carbons (Fsp3) is 0.304. The number of anilines is 5. The lowest BCUT2D eigenvalue weighted by molar-refractivity contribution is -0.139. The summed E-state index contributed by atoms with van der Waals surface area (Å²) in [7, 11) is 0. The summed E-state index contributed by atoms with van der Waals surface area (Å²) in [4.78, 5) is 26.0. The highest BCUT2D eigenvalue weighted by Gasteiger charge is 2.35. The third-order valence-electron chi connectivity index (χ3n) is 5.33. The zero-order chi connectivity index (χ0) is 25.0. The van der Waals surface area contributed by atoms with Crippen molar-refractivity contribution >= 4 is 34.9 Å². The van der Waals surface area contributed by atoms with Gasteiger partial charge in [0.1, 0.15) is 18.2 Å². The Morgan fingerprint density at radius 1 is 1.11 bits per heavy atom. The van der Waals surface area contributed by atoms with Crippen molar-refractivity contribution in [2.45, 2.75) is 32.0 Å². The molecular formula is C23H24F3N7O2. The Morgan fingerprint density at radius 2 is 1.86 bits per heavy atom. The lowest BCUT2D eigenvalue weighted by Crippen LogP contribution is -2.39. The van der Waals surface area contributed by atoms with Gasteiger partial charge >= 0.3 is 6.18 Å². The number of carbonyl (C=O) groups excluding carboxylic acids is 1. The van der Waals surface area contributed by atoms with Gasteiger partial charge in [-0.05, 0) is 36.4 Å². The smallest absolute Gasteiger partial charge is 0.420 e. The predicted molar refractivity (Wildman–Crippen MR) is 126 cm³/mol. The summed E-state index contributed by atoms with van der Waals surface area (Å²) < 4.78 is 45.7. The van der Waals surface area contributed by atoms with Crippen LogP contribution in [0.5, 0.6) is 5.75 Å². The van der Waals surface area contributed by atoms with Gasteiger partial charge < -0.3 is 26.0 Å². The van der Waals surface area contributed by atoms with Gasteiger partial charge in [-0.1, -0.05) is 6.07 Å². The first-order valence-corrected chi connectivity index (χ1v) is 10.9. The number of ether oxygens (including phenoxy) is 1. The maximum atomic E-state index is 13.3. The number of aromatic nitrogens is 3. The van der Waals surface area contributed by atoms with E-state index in [9.17, 15) is 18.0 Å². The monoisotopic (exact) mass is 487 g/mol. The number of nitrogens with zero attached hydrogens (tertiary/aromatic N) is 4. The standard InChI is InChI=1S/C23H24F3N7O2/c1-14(34)30-16-3-2-4-17(12-16)31-21-28-13-29-22(32-21)33-9-7-18(8-10-33)35-20-6-5-15(27)11-19(20)23(24,25)26/h2-6,11-13,18H,7-10,27H2,1H3,(H,30,34)(H,28,29,31,32). The van der Waals surface area contributed by atoms with Crippen molar-refractivity contribution in [1.82, 2.24) is 15.0 Å². The van der Waals surface area contributed by atoms with E-state index in [1.807, 2.05) is 11.0 Å². The minimum absolute atomic E-state index is 0.0283. The fourth-order valence-electron chi connectivity index (χ4n) is 3.73. The first kappa shape index (κ1) is 24.0. The van der Waals surface area contributed by atoms with Crippen LogP contribution in [0.4, 0.5) is 42.1 Å². The molecule has 0 bridgehead atoms. The number of halogens is 3. The van der Waals surface area contributed by atoms with Crippen molar-refractivity contribution in [2.75, 3.05) is 34.4 Å². The Labute approximate surface area is 199 Å². The van der Waals surface area contributed by atoms with Crippen LogP contribution in [-0.2, 0) is 11.0 Å². The van der Waals surface area contributed by atoms with Gasteiger partial charge in [-0.2, -0.15) is 18.2 Å². The summed E-state index contributed by atoms with van der Waals surface area (Å²) in [6.45, 7) is 2.43. The number of amides is 1. The highest BCUT2D eigenvalue weighted by molar-refractivity contribution is 5.89. The van der Waals surface area contributed by atoms with Gasteiger partial charge in [0.2, 0.25) is 17.8 Å². The molecule has 0 unspecified atom stereocenters. The van der Waals surface area contributed by atoms with Crippen LogP contribution in [0.3, 0.4) is 0 Å². The van der Waals surface area contributed by atoms with Crippen LogP contribution in [0.15, 0.2) is 48.8 Å². The number of carbonyl (C=O) groups is 1. The van der Waals surface area contributed by atoms with Crippen molar-refractivity contribution in [1.29, 1.82) is 0 Å². The van der Waals surface area contributed by atoms with Gasteiger partial charge in [0.15, 0.2) is 0 Å². The van der Waals surface area contributed by atoms with Gasteiger partial charge in [-0.15, -0.1) is 0 Å². The average Bonchev–Trinajstić information content (AvgIpc) is 2.80. The maximum absolute atomic E-state index is 13.3. The van der Waals surface area contributed by atoms with Crippen LogP contribution in [0.1, 0.15) is 25.3 Å². The Balaban J connectivity index is 1.38. The van der Waals surface area contributed by atoms with E-state index >= 15 is 0 Å². The molecule has 9 nitrogen and oxygen atoms in total. The van der Waals surface area contributed by atoms with Crippen molar-refractivity contribution < 1.29 is 22.7 Å². The Hall–Kier alpha value is -4.09. The summed E-state index contributed by atoms with van der Waals surface area (Å²) >= 11 is 0. The summed E-state index contributed by atoms with van der Waals surface area (Å²) in [5.41, 5.74) is 5.99. The van der Waals surface area contributed by atoms with Crippen LogP contribution < -0.4 is 26.0 Å². The molecule has 4 N–H and O–H groups in total. The molecular weight excluding hydrogens is 463 g/mol. The quantitative estimate of drug-likeness (QED) is 0.443. The summed E-state index contributed by atoms with van der Waals surface area (Å²) in [6, 6.07) is 10.6. The molecule has 0 radical (unpaired) electrons. The van der Waals surface area contributed by atoms with Crippen molar-refractivity contribution in [3.05, 3.63) is 54.4 Å². The second-order valence-electron chi connectivity index (χ2n) is 8.05. The normalized spacial score (nSPS) is 14.5. The fourth-order valence-corrected chi connectivity index (χ4v) is 3.73. The number of nitrogen functional groups attached to an aromatic ring is 1. The summed E-state index contributed by atoms with van der Waals surface area (Å²) in [5.74, 6) is 0.369. The molecule has 1 fully saturated rings. The molecule has 0 saturated carbocycles. The minimum Gasteiger partial charge on any atom is -0.490 e. The van der Waals surface area contributed by atoms with Crippen LogP contribution in [0.2, 0.25) is 0 Å². The summed E-state index contributed by atoms with van der Waals surface area (Å²) in [6.07, 6.45) is -2.56. The van der Waals surface area contributed by atoms with Crippen LogP contribution in [-0.4, -0.2) is 40.1 Å². The Morgan fingerprint density at radius 3 is 2.57 bits per heavy atom. The van der Waals surface area contributed by atoms with E-state index in [-0.39, 0.29) is 23.4 Å². The highest BCUT2D eigenvalue weighted by Crippen LogP contribution is 2.38. The van der Waals surface area contributed by atoms with E-state index in [0.29, 0.717) is 49.2 Å². The molecule has 2 aromatic carbocycles. The molecule has 1 aromatic heterocycles. The van der Waals surface area contributed by atoms with Crippen LogP contribution in [0, 0.1) is 0 Å². The molecule has 0 spiro atoms. The third kappa shape index (κ3) is 6.28. The van der Waals surface area contributed by atoms with Crippen LogP contribution in [0.25, 0.3) is 0 Å². The molecule has 0 aliphatic carbocycles. The van der Waals surface area contributed by atoms with Gasteiger partial charge in [0.05, 0.1) is 5.56 Å². The zero-order valence-corrected chi connectivity index (χ0v) is 18.8. The molecule has 2 heterocycles. The molecule has 1 saturated heterocycles. The van der Waals surface area contributed by atoms with Gasteiger partial charge in [-0.25, -0.2) is 9.97 Å². The number of rotatable bonds is 6.